The summed E-state index contributed by atoms with van der Waals surface area (Å²) in [7, 11) is 0. The lowest BCUT2D eigenvalue weighted by Gasteiger charge is -2.30. The fourth-order valence-corrected chi connectivity index (χ4v) is 3.19. The number of carboxylic acid groups (broad SMARTS) is 1. The molecule has 0 aliphatic carbocycles. The molecule has 3 rings (SSSR count). The third-order valence-electron chi connectivity index (χ3n) is 4.50. The van der Waals surface area contributed by atoms with Crippen LogP contribution < -0.4 is 4.74 Å². The zero-order valence-corrected chi connectivity index (χ0v) is 14.4. The minimum absolute atomic E-state index is 0.115. The van der Waals surface area contributed by atoms with E-state index in [1.807, 2.05) is 13.0 Å². The van der Waals surface area contributed by atoms with Crippen LogP contribution in [0.15, 0.2) is 42.5 Å². The van der Waals surface area contributed by atoms with Crippen LogP contribution in [0, 0.1) is 18.7 Å². The van der Waals surface area contributed by atoms with Crippen LogP contribution in [0.3, 0.4) is 0 Å². The number of aryl methyl sites for hydroxylation is 1. The van der Waals surface area contributed by atoms with Gasteiger partial charge in [-0.3, -0.25) is 4.79 Å². The van der Waals surface area contributed by atoms with Gasteiger partial charge >= 0.3 is 6.09 Å². The van der Waals surface area contributed by atoms with E-state index in [0.29, 0.717) is 25.1 Å². The molecular formula is C20H20FNO4. The fraction of sp³-hybridized carbons (Fsp3) is 0.300. The van der Waals surface area contributed by atoms with Gasteiger partial charge in [0, 0.05) is 19.0 Å². The van der Waals surface area contributed by atoms with Gasteiger partial charge in [0.1, 0.15) is 5.75 Å². The van der Waals surface area contributed by atoms with E-state index in [-0.39, 0.29) is 23.6 Å². The number of para-hydroxylation sites is 1. The van der Waals surface area contributed by atoms with Crippen molar-refractivity contribution in [3.8, 4) is 11.5 Å². The summed E-state index contributed by atoms with van der Waals surface area (Å²) in [4.78, 5) is 25.3. The summed E-state index contributed by atoms with van der Waals surface area (Å²) in [5, 5.41) is 9.16. The topological polar surface area (TPSA) is 66.8 Å². The van der Waals surface area contributed by atoms with Crippen LogP contribution in [0.4, 0.5) is 9.18 Å². The number of ether oxygens (including phenoxy) is 1. The smallest absolute Gasteiger partial charge is 0.407 e. The lowest BCUT2D eigenvalue weighted by Crippen LogP contribution is -2.41. The molecule has 0 aromatic heterocycles. The molecule has 2 aromatic rings. The second kappa shape index (κ2) is 7.56. The maximum absolute atomic E-state index is 14.4. The van der Waals surface area contributed by atoms with E-state index in [9.17, 15) is 14.0 Å². The highest BCUT2D eigenvalue weighted by atomic mass is 19.1. The summed E-state index contributed by atoms with van der Waals surface area (Å²) in [6.45, 7) is 2.42. The SMILES string of the molecule is Cc1cccc(Oc2c(F)cccc2C(=O)[C@@H]2CCCN(C(=O)O)C2)c1. The van der Waals surface area contributed by atoms with Crippen LogP contribution in [-0.2, 0) is 0 Å². The monoisotopic (exact) mass is 357 g/mol. The molecule has 0 bridgehead atoms. The molecule has 6 heteroatoms. The number of rotatable bonds is 4. The minimum Gasteiger partial charge on any atom is -0.465 e. The number of hydrogen-bond donors (Lipinski definition) is 1. The second-order valence-corrected chi connectivity index (χ2v) is 6.47. The van der Waals surface area contributed by atoms with Gasteiger partial charge in [-0.05, 0) is 49.6 Å². The number of ketones is 1. The molecule has 26 heavy (non-hydrogen) atoms. The lowest BCUT2D eigenvalue weighted by atomic mass is 9.89. The van der Waals surface area contributed by atoms with E-state index in [2.05, 4.69) is 0 Å². The minimum atomic E-state index is -1.04. The quantitative estimate of drug-likeness (QED) is 0.818. The van der Waals surface area contributed by atoms with Crippen molar-refractivity contribution < 1.29 is 23.8 Å². The Bertz CT molecular complexity index is 836. The zero-order valence-electron chi connectivity index (χ0n) is 14.4. The van der Waals surface area contributed by atoms with Crippen LogP contribution in [0.25, 0.3) is 0 Å². The molecule has 136 valence electrons. The molecular weight excluding hydrogens is 337 g/mol. The fourth-order valence-electron chi connectivity index (χ4n) is 3.19. The average molecular weight is 357 g/mol. The van der Waals surface area contributed by atoms with Gasteiger partial charge in [0.05, 0.1) is 5.56 Å². The first-order valence-corrected chi connectivity index (χ1v) is 8.51. The van der Waals surface area contributed by atoms with Crippen LogP contribution in [0.2, 0.25) is 0 Å². The van der Waals surface area contributed by atoms with Gasteiger partial charge < -0.3 is 14.7 Å². The van der Waals surface area contributed by atoms with Crippen LogP contribution in [0.5, 0.6) is 11.5 Å². The Morgan fingerprint density at radius 1 is 1.23 bits per heavy atom. The third-order valence-corrected chi connectivity index (χ3v) is 4.50. The lowest BCUT2D eigenvalue weighted by molar-refractivity contribution is 0.0804. The summed E-state index contributed by atoms with van der Waals surface area (Å²) in [6.07, 6.45) is 0.132. The highest BCUT2D eigenvalue weighted by Gasteiger charge is 2.31. The summed E-state index contributed by atoms with van der Waals surface area (Å²) in [6, 6.07) is 11.4. The van der Waals surface area contributed by atoms with Gasteiger partial charge in [-0.25, -0.2) is 9.18 Å². The Labute approximate surface area is 151 Å². The zero-order chi connectivity index (χ0) is 18.7. The van der Waals surface area contributed by atoms with Crippen LogP contribution in [0.1, 0.15) is 28.8 Å². The molecule has 0 saturated carbocycles. The molecule has 1 aliphatic rings. The number of nitrogens with zero attached hydrogens (tertiary/aromatic N) is 1. The Balaban J connectivity index is 1.89. The van der Waals surface area contributed by atoms with Crippen LogP contribution >= 0.6 is 0 Å². The first kappa shape index (κ1) is 17.9. The predicted octanol–water partition coefficient (Wildman–Crippen LogP) is 4.50. The van der Waals surface area contributed by atoms with Gasteiger partial charge in [-0.15, -0.1) is 0 Å². The number of piperidine rings is 1. The second-order valence-electron chi connectivity index (χ2n) is 6.47. The number of amides is 1. The van der Waals surface area contributed by atoms with Gasteiger partial charge in [0.15, 0.2) is 17.3 Å². The number of hydrogen-bond acceptors (Lipinski definition) is 3. The molecule has 1 amide bonds. The molecule has 1 fully saturated rings. The number of Topliss-reactive ketones (excluding diaryl/α,β-unsaturated/α-hetero) is 1. The highest BCUT2D eigenvalue weighted by Crippen LogP contribution is 2.32. The Hall–Kier alpha value is -2.89. The normalized spacial score (nSPS) is 17.0. The first-order valence-electron chi connectivity index (χ1n) is 8.51. The summed E-state index contributed by atoms with van der Waals surface area (Å²) >= 11 is 0. The standard InChI is InChI=1S/C20H20FNO4/c1-13-5-2-7-15(11-13)26-19-16(8-3-9-17(19)21)18(23)14-6-4-10-22(12-14)20(24)25/h2-3,5,7-9,11,14H,4,6,10,12H2,1H3,(H,24,25)/t14-/m1/s1. The molecule has 0 spiro atoms. The van der Waals surface area contributed by atoms with Gasteiger partial charge in [-0.1, -0.05) is 18.2 Å². The largest absolute Gasteiger partial charge is 0.465 e. The number of benzene rings is 2. The van der Waals surface area contributed by atoms with Crippen molar-refractivity contribution in [3.05, 3.63) is 59.4 Å². The number of carbonyl (C=O) groups excluding carboxylic acids is 1. The maximum atomic E-state index is 14.4. The molecule has 5 nitrogen and oxygen atoms in total. The molecule has 0 unspecified atom stereocenters. The van der Waals surface area contributed by atoms with Crippen LogP contribution in [-0.4, -0.2) is 35.0 Å². The summed E-state index contributed by atoms with van der Waals surface area (Å²) < 4.78 is 20.1. The Morgan fingerprint density at radius 2 is 2.00 bits per heavy atom. The van der Waals surface area contributed by atoms with E-state index in [4.69, 9.17) is 9.84 Å². The van der Waals surface area contributed by atoms with Crippen molar-refractivity contribution in [2.24, 2.45) is 5.92 Å². The van der Waals surface area contributed by atoms with Crippen molar-refractivity contribution >= 4 is 11.9 Å². The Morgan fingerprint density at radius 3 is 2.73 bits per heavy atom. The highest BCUT2D eigenvalue weighted by molar-refractivity contribution is 6.00. The van der Waals surface area contributed by atoms with Crippen molar-refractivity contribution in [2.75, 3.05) is 13.1 Å². The molecule has 1 heterocycles. The number of halogens is 1. The number of likely N-dealkylation sites (tertiary alicyclic amines) is 1. The van der Waals surface area contributed by atoms with Gasteiger partial charge in [-0.2, -0.15) is 0 Å². The van der Waals surface area contributed by atoms with Crippen molar-refractivity contribution in [3.63, 3.8) is 0 Å². The Kier molecular flexibility index (Phi) is 5.21. The van der Waals surface area contributed by atoms with E-state index < -0.39 is 17.8 Å². The predicted molar refractivity (Wildman–Crippen MR) is 94.3 cm³/mol. The number of carbonyl (C=O) groups is 2. The van der Waals surface area contributed by atoms with Gasteiger partial charge in [0.25, 0.3) is 0 Å². The van der Waals surface area contributed by atoms with Crippen molar-refractivity contribution in [2.45, 2.75) is 19.8 Å². The molecule has 1 aliphatic heterocycles. The molecule has 2 aromatic carbocycles. The molecule has 1 atom stereocenters. The maximum Gasteiger partial charge on any atom is 0.407 e. The van der Waals surface area contributed by atoms with E-state index >= 15 is 0 Å². The molecule has 1 saturated heterocycles. The average Bonchev–Trinajstić information content (AvgIpc) is 2.63. The third kappa shape index (κ3) is 3.85. The summed E-state index contributed by atoms with van der Waals surface area (Å²) in [5.74, 6) is -1.08. The van der Waals surface area contributed by atoms with Crippen molar-refractivity contribution in [1.82, 2.24) is 4.90 Å². The van der Waals surface area contributed by atoms with E-state index in [1.54, 1.807) is 18.2 Å². The molecule has 1 N–H and O–H groups in total. The van der Waals surface area contributed by atoms with E-state index in [0.717, 1.165) is 5.56 Å². The first-order chi connectivity index (χ1) is 12.5. The molecule has 0 radical (unpaired) electrons. The van der Waals surface area contributed by atoms with Gasteiger partial charge in [0.2, 0.25) is 0 Å². The summed E-state index contributed by atoms with van der Waals surface area (Å²) in [5.41, 5.74) is 1.10. The van der Waals surface area contributed by atoms with E-state index in [1.165, 1.54) is 23.1 Å². The van der Waals surface area contributed by atoms with Crippen molar-refractivity contribution in [1.29, 1.82) is 0 Å².